The van der Waals surface area contributed by atoms with Crippen LogP contribution >= 0.6 is 11.8 Å². The number of nitrogens with one attached hydrogen (secondary N) is 1. The lowest BCUT2D eigenvalue weighted by atomic mass is 10.1. The smallest absolute Gasteiger partial charge is 0.326 e. The summed E-state index contributed by atoms with van der Waals surface area (Å²) >= 11 is 1.56. The van der Waals surface area contributed by atoms with E-state index in [1.54, 1.807) is 18.8 Å². The molecule has 1 rings (SSSR count). The summed E-state index contributed by atoms with van der Waals surface area (Å²) in [5.74, 6) is -0.292. The Bertz CT molecular complexity index is 453. The number of benzene rings is 1. The summed E-state index contributed by atoms with van der Waals surface area (Å²) < 4.78 is 0. The highest BCUT2D eigenvalue weighted by atomic mass is 32.2. The number of aliphatic carboxylic acids is 1. The van der Waals surface area contributed by atoms with E-state index in [0.29, 0.717) is 18.7 Å². The number of carboxylic acids is 1. The van der Waals surface area contributed by atoms with E-state index in [9.17, 15) is 9.59 Å². The van der Waals surface area contributed by atoms with Crippen molar-refractivity contribution in [3.8, 4) is 0 Å². The maximum atomic E-state index is 12.0. The molecule has 0 saturated carbocycles. The quantitative estimate of drug-likeness (QED) is 0.771. The van der Waals surface area contributed by atoms with Gasteiger partial charge in [-0.25, -0.2) is 9.59 Å². The van der Waals surface area contributed by atoms with Crippen LogP contribution in [0.3, 0.4) is 0 Å². The summed E-state index contributed by atoms with van der Waals surface area (Å²) in [7, 11) is 1.67. The Hall–Kier alpha value is -1.69. The molecule has 1 unspecified atom stereocenters. The molecule has 116 valence electrons. The number of carbonyl (C=O) groups is 2. The molecule has 0 saturated heterocycles. The molecule has 0 fully saturated rings. The summed E-state index contributed by atoms with van der Waals surface area (Å²) in [6.07, 6.45) is 3.08. The van der Waals surface area contributed by atoms with E-state index in [4.69, 9.17) is 5.11 Å². The monoisotopic (exact) mass is 310 g/mol. The minimum Gasteiger partial charge on any atom is -0.480 e. The summed E-state index contributed by atoms with van der Waals surface area (Å²) in [6.45, 7) is 0.546. The number of carbonyl (C=O) groups excluding carboxylic acids is 1. The molecule has 2 amide bonds. The largest absolute Gasteiger partial charge is 0.480 e. The lowest BCUT2D eigenvalue weighted by molar-refractivity contribution is -0.139. The minimum atomic E-state index is -0.992. The van der Waals surface area contributed by atoms with E-state index in [2.05, 4.69) is 5.32 Å². The van der Waals surface area contributed by atoms with Gasteiger partial charge in [-0.2, -0.15) is 11.8 Å². The van der Waals surface area contributed by atoms with E-state index < -0.39 is 12.0 Å². The molecule has 6 heteroatoms. The van der Waals surface area contributed by atoms with Crippen LogP contribution in [0.5, 0.6) is 0 Å². The third kappa shape index (κ3) is 6.53. The van der Waals surface area contributed by atoms with Gasteiger partial charge < -0.3 is 15.3 Å². The van der Waals surface area contributed by atoms with Crippen molar-refractivity contribution in [1.82, 2.24) is 10.2 Å². The Kier molecular flexibility index (Phi) is 7.68. The van der Waals surface area contributed by atoms with Crippen molar-refractivity contribution in [3.05, 3.63) is 35.9 Å². The molecule has 2 N–H and O–H groups in total. The number of hydrogen-bond acceptors (Lipinski definition) is 3. The first-order valence-electron chi connectivity index (χ1n) is 6.82. The molecule has 21 heavy (non-hydrogen) atoms. The van der Waals surface area contributed by atoms with Crippen LogP contribution in [0.4, 0.5) is 4.79 Å². The van der Waals surface area contributed by atoms with Crippen LogP contribution in [0, 0.1) is 0 Å². The van der Waals surface area contributed by atoms with E-state index in [1.165, 1.54) is 4.90 Å². The van der Waals surface area contributed by atoms with Gasteiger partial charge in [0.05, 0.1) is 0 Å². The number of likely N-dealkylation sites (N-methyl/N-ethyl adjacent to an activating group) is 1. The molecule has 0 spiro atoms. The van der Waals surface area contributed by atoms with Crippen molar-refractivity contribution in [2.75, 3.05) is 25.6 Å². The van der Waals surface area contributed by atoms with Crippen molar-refractivity contribution in [3.63, 3.8) is 0 Å². The molecule has 1 aromatic rings. The van der Waals surface area contributed by atoms with Gasteiger partial charge in [-0.1, -0.05) is 30.3 Å². The second kappa shape index (κ2) is 9.28. The van der Waals surface area contributed by atoms with Crippen LogP contribution in [-0.4, -0.2) is 53.6 Å². The molecular weight excluding hydrogens is 288 g/mol. The SMILES string of the molecule is CSCCC(NC(=O)N(C)CCc1ccccc1)C(=O)O. The number of amides is 2. The molecule has 5 nitrogen and oxygen atoms in total. The highest BCUT2D eigenvalue weighted by Crippen LogP contribution is 2.03. The predicted octanol–water partition coefficient (Wildman–Crippen LogP) is 2.08. The van der Waals surface area contributed by atoms with Crippen LogP contribution < -0.4 is 5.32 Å². The fourth-order valence-electron chi connectivity index (χ4n) is 1.80. The zero-order chi connectivity index (χ0) is 15.7. The summed E-state index contributed by atoms with van der Waals surface area (Å²) in [4.78, 5) is 24.6. The number of thioether (sulfide) groups is 1. The number of carboxylic acid groups (broad SMARTS) is 1. The van der Waals surface area contributed by atoms with Crippen LogP contribution in [0.1, 0.15) is 12.0 Å². The van der Waals surface area contributed by atoms with Gasteiger partial charge in [-0.3, -0.25) is 0 Å². The molecule has 0 aromatic heterocycles. The lowest BCUT2D eigenvalue weighted by Crippen LogP contribution is -2.47. The van der Waals surface area contributed by atoms with E-state index in [1.807, 2.05) is 36.6 Å². The fourth-order valence-corrected chi connectivity index (χ4v) is 2.27. The highest BCUT2D eigenvalue weighted by Gasteiger charge is 2.21. The Morgan fingerprint density at radius 3 is 2.57 bits per heavy atom. The number of hydrogen-bond donors (Lipinski definition) is 2. The van der Waals surface area contributed by atoms with Crippen molar-refractivity contribution < 1.29 is 14.7 Å². The van der Waals surface area contributed by atoms with Crippen molar-refractivity contribution in [1.29, 1.82) is 0 Å². The Balaban J connectivity index is 2.43. The van der Waals surface area contributed by atoms with Crippen LogP contribution in [0.25, 0.3) is 0 Å². The van der Waals surface area contributed by atoms with E-state index >= 15 is 0 Å². The predicted molar refractivity (Wildman–Crippen MR) is 85.7 cm³/mol. The van der Waals surface area contributed by atoms with Gasteiger partial charge in [0.25, 0.3) is 0 Å². The second-order valence-electron chi connectivity index (χ2n) is 4.78. The first-order chi connectivity index (χ1) is 10.0. The zero-order valence-electron chi connectivity index (χ0n) is 12.4. The van der Waals surface area contributed by atoms with E-state index in [0.717, 1.165) is 12.0 Å². The number of nitrogens with zero attached hydrogens (tertiary/aromatic N) is 1. The molecule has 0 bridgehead atoms. The molecule has 0 radical (unpaired) electrons. The lowest BCUT2D eigenvalue weighted by Gasteiger charge is -2.21. The van der Waals surface area contributed by atoms with E-state index in [-0.39, 0.29) is 6.03 Å². The zero-order valence-corrected chi connectivity index (χ0v) is 13.2. The first kappa shape index (κ1) is 17.4. The van der Waals surface area contributed by atoms with Gasteiger partial charge in [0.2, 0.25) is 0 Å². The second-order valence-corrected chi connectivity index (χ2v) is 5.76. The van der Waals surface area contributed by atoms with Gasteiger partial charge in [-0.05, 0) is 30.4 Å². The molecule has 0 aliphatic heterocycles. The molecule has 0 aliphatic rings. The topological polar surface area (TPSA) is 69.6 Å². The summed E-state index contributed by atoms with van der Waals surface area (Å²) in [5.41, 5.74) is 1.15. The van der Waals surface area contributed by atoms with Crippen LogP contribution in [0.15, 0.2) is 30.3 Å². The van der Waals surface area contributed by atoms with Gasteiger partial charge in [0.1, 0.15) is 6.04 Å². The van der Waals surface area contributed by atoms with Gasteiger partial charge in [0, 0.05) is 13.6 Å². The molecular formula is C15H22N2O3S. The van der Waals surface area contributed by atoms with Crippen LogP contribution in [-0.2, 0) is 11.2 Å². The maximum absolute atomic E-state index is 12.0. The van der Waals surface area contributed by atoms with Crippen molar-refractivity contribution in [2.45, 2.75) is 18.9 Å². The fraction of sp³-hybridized carbons (Fsp3) is 0.467. The number of urea groups is 1. The Morgan fingerprint density at radius 2 is 2.00 bits per heavy atom. The Labute approximate surface area is 129 Å². The van der Waals surface area contributed by atoms with Crippen molar-refractivity contribution in [2.24, 2.45) is 0 Å². The standard InChI is InChI=1S/C15H22N2O3S/c1-17(10-8-12-6-4-3-5-7-12)15(20)16-13(14(18)19)9-11-21-2/h3-7,13H,8-11H2,1-2H3,(H,16,20)(H,18,19). The molecule has 1 atom stereocenters. The molecule has 0 aliphatic carbocycles. The average molecular weight is 310 g/mol. The number of rotatable bonds is 8. The van der Waals surface area contributed by atoms with Crippen LogP contribution in [0.2, 0.25) is 0 Å². The Morgan fingerprint density at radius 1 is 1.33 bits per heavy atom. The molecule has 0 heterocycles. The average Bonchev–Trinajstić information content (AvgIpc) is 2.49. The third-order valence-electron chi connectivity index (χ3n) is 3.13. The third-order valence-corrected chi connectivity index (χ3v) is 3.78. The van der Waals surface area contributed by atoms with Crippen molar-refractivity contribution >= 4 is 23.8 Å². The highest BCUT2D eigenvalue weighted by molar-refractivity contribution is 7.98. The van der Waals surface area contributed by atoms with Gasteiger partial charge in [0.15, 0.2) is 0 Å². The first-order valence-corrected chi connectivity index (χ1v) is 8.21. The van der Waals surface area contributed by atoms with Gasteiger partial charge >= 0.3 is 12.0 Å². The summed E-state index contributed by atoms with van der Waals surface area (Å²) in [6, 6.07) is 8.69. The summed E-state index contributed by atoms with van der Waals surface area (Å²) in [5, 5.41) is 11.7. The van der Waals surface area contributed by atoms with Gasteiger partial charge in [-0.15, -0.1) is 0 Å². The molecule has 1 aromatic carbocycles. The minimum absolute atomic E-state index is 0.348. The maximum Gasteiger partial charge on any atom is 0.326 e. The normalized spacial score (nSPS) is 11.7.